The number of nitrogens with two attached hydrogens (primary N) is 1. The molecule has 0 spiro atoms. The Morgan fingerprint density at radius 1 is 1.15 bits per heavy atom. The summed E-state index contributed by atoms with van der Waals surface area (Å²) in [7, 11) is 2.16. The molecule has 34 heavy (non-hydrogen) atoms. The number of aromatic nitrogens is 3. The lowest BCUT2D eigenvalue weighted by Crippen LogP contribution is -2.44. The lowest BCUT2D eigenvalue weighted by molar-refractivity contribution is -0.122. The van der Waals surface area contributed by atoms with E-state index in [0.29, 0.717) is 10.7 Å². The van der Waals surface area contributed by atoms with Gasteiger partial charge < -0.3 is 25.8 Å². The largest absolute Gasteiger partial charge is 0.378 e. The van der Waals surface area contributed by atoms with Crippen molar-refractivity contribution in [2.24, 2.45) is 23.5 Å². The molecule has 3 aliphatic rings. The summed E-state index contributed by atoms with van der Waals surface area (Å²) in [6.07, 6.45) is 6.83. The van der Waals surface area contributed by atoms with Crippen molar-refractivity contribution in [1.29, 1.82) is 0 Å². The van der Waals surface area contributed by atoms with Crippen LogP contribution in [0.15, 0.2) is 42.6 Å². The molecule has 2 bridgehead atoms. The van der Waals surface area contributed by atoms with E-state index in [1.165, 1.54) is 5.69 Å². The van der Waals surface area contributed by atoms with Crippen LogP contribution in [0.25, 0.3) is 22.6 Å². The first-order valence-electron chi connectivity index (χ1n) is 11.8. The molecule has 1 saturated heterocycles. The number of imidazole rings is 1. The summed E-state index contributed by atoms with van der Waals surface area (Å²) in [6.45, 7) is 4.20. The zero-order chi connectivity index (χ0) is 23.4. The van der Waals surface area contributed by atoms with E-state index in [2.05, 4.69) is 68.5 Å². The first-order valence-corrected chi connectivity index (χ1v) is 12.2. The van der Waals surface area contributed by atoms with Gasteiger partial charge in [0.25, 0.3) is 0 Å². The number of benzene rings is 1. The molecule has 2 aromatic heterocycles. The Labute approximate surface area is 203 Å². The third-order valence-corrected chi connectivity index (χ3v) is 7.87. The maximum Gasteiger partial charge on any atom is 0.223 e. The molecule has 3 aromatic rings. The van der Waals surface area contributed by atoms with Gasteiger partial charge in [-0.05, 0) is 49.6 Å². The predicted octanol–water partition coefficient (Wildman–Crippen LogP) is 3.12. The van der Waals surface area contributed by atoms with E-state index < -0.39 is 0 Å². The number of primary amides is 1. The minimum atomic E-state index is -0.276. The fourth-order valence-corrected chi connectivity index (χ4v) is 5.88. The predicted molar refractivity (Wildman–Crippen MR) is 135 cm³/mol. The first kappa shape index (κ1) is 21.4. The van der Waals surface area contributed by atoms with Gasteiger partial charge in [-0.1, -0.05) is 23.8 Å². The number of hydrogen-bond acceptors (Lipinski definition) is 6. The number of carbonyl (C=O) groups is 1. The molecule has 1 saturated carbocycles. The van der Waals surface area contributed by atoms with Crippen LogP contribution in [0, 0.1) is 17.8 Å². The zero-order valence-corrected chi connectivity index (χ0v) is 19.8. The number of nitrogens with zero attached hydrogens (tertiary/aromatic N) is 4. The number of allylic oxidation sites excluding steroid dienone is 1. The van der Waals surface area contributed by atoms with Crippen molar-refractivity contribution < 1.29 is 4.79 Å². The molecule has 2 fully saturated rings. The van der Waals surface area contributed by atoms with Crippen LogP contribution in [0.1, 0.15) is 6.42 Å². The third kappa shape index (κ3) is 3.61. The average Bonchev–Trinajstić information content (AvgIpc) is 3.56. The smallest absolute Gasteiger partial charge is 0.223 e. The van der Waals surface area contributed by atoms with Crippen LogP contribution in [0.4, 0.5) is 11.4 Å². The van der Waals surface area contributed by atoms with E-state index in [0.717, 1.165) is 55.2 Å². The SMILES string of the molecule is CN1CCN(c2ccc(-c3nc4ncc(Cl)c(N[C@H]5[C@@H](C(N)=O)[C@@H]6C=C[C@H]5C6)c4[nH]3)cc2)CC1. The lowest BCUT2D eigenvalue weighted by atomic mass is 9.88. The molecule has 0 unspecified atom stereocenters. The number of hydrogen-bond donors (Lipinski definition) is 3. The summed E-state index contributed by atoms with van der Waals surface area (Å²) >= 11 is 6.57. The number of rotatable bonds is 5. The molecule has 8 nitrogen and oxygen atoms in total. The van der Waals surface area contributed by atoms with Crippen molar-refractivity contribution in [3.63, 3.8) is 0 Å². The van der Waals surface area contributed by atoms with Gasteiger partial charge in [-0.3, -0.25) is 4.79 Å². The van der Waals surface area contributed by atoms with Gasteiger partial charge in [-0.2, -0.15) is 0 Å². The second-order valence-corrected chi connectivity index (χ2v) is 10.1. The van der Waals surface area contributed by atoms with Crippen molar-refractivity contribution in [1.82, 2.24) is 19.9 Å². The van der Waals surface area contributed by atoms with Gasteiger partial charge >= 0.3 is 0 Å². The summed E-state index contributed by atoms with van der Waals surface area (Å²) in [5.74, 6) is 0.649. The van der Waals surface area contributed by atoms with E-state index in [1.807, 2.05) is 0 Å². The summed E-state index contributed by atoms with van der Waals surface area (Å²) < 4.78 is 0. The van der Waals surface area contributed by atoms with Crippen LogP contribution < -0.4 is 16.0 Å². The van der Waals surface area contributed by atoms with Gasteiger partial charge in [0.1, 0.15) is 11.3 Å². The Morgan fingerprint density at radius 3 is 2.62 bits per heavy atom. The topological polar surface area (TPSA) is 103 Å². The van der Waals surface area contributed by atoms with Crippen LogP contribution in [-0.4, -0.2) is 65.0 Å². The van der Waals surface area contributed by atoms with Crippen LogP contribution >= 0.6 is 11.6 Å². The van der Waals surface area contributed by atoms with Gasteiger partial charge in [0.05, 0.1) is 22.8 Å². The Balaban J connectivity index is 1.29. The van der Waals surface area contributed by atoms with Crippen LogP contribution in [-0.2, 0) is 4.79 Å². The number of anilines is 2. The summed E-state index contributed by atoms with van der Waals surface area (Å²) in [5.41, 5.74) is 9.99. The molecule has 1 aromatic carbocycles. The normalized spacial score (nSPS) is 26.5. The Bertz CT molecular complexity index is 1260. The first-order chi connectivity index (χ1) is 16.5. The standard InChI is InChI=1S/C25H28ClN7O/c1-32-8-10-33(11-9-32)17-6-4-14(5-7-17)24-30-22-21(18(26)13-28-25(22)31-24)29-20-16-3-2-15(12-16)19(20)23(27)34/h2-7,13,15-16,19-20H,8-12H2,1H3,(H2,27,34)(H2,28,29,30,31)/t15-,16+,19+,20-/m1/s1. The number of aromatic amines is 1. The molecule has 6 rings (SSSR count). The number of likely N-dealkylation sites (N-methyl/N-ethyl adjacent to an activating group) is 1. The highest BCUT2D eigenvalue weighted by Crippen LogP contribution is 2.46. The number of amides is 1. The lowest BCUT2D eigenvalue weighted by Gasteiger charge is -2.34. The molecule has 2 aliphatic carbocycles. The second kappa shape index (κ2) is 8.29. The van der Waals surface area contributed by atoms with E-state index in [1.54, 1.807) is 6.20 Å². The van der Waals surface area contributed by atoms with Gasteiger partial charge in [0.2, 0.25) is 5.91 Å². The average molecular weight is 478 g/mol. The third-order valence-electron chi connectivity index (χ3n) is 7.58. The number of halogens is 1. The Kier molecular flexibility index (Phi) is 5.22. The van der Waals surface area contributed by atoms with Gasteiger partial charge in [0.15, 0.2) is 5.65 Å². The monoisotopic (exact) mass is 477 g/mol. The fraction of sp³-hybridized carbons (Fsp3) is 0.400. The van der Waals surface area contributed by atoms with E-state index in [-0.39, 0.29) is 29.7 Å². The quantitative estimate of drug-likeness (QED) is 0.488. The van der Waals surface area contributed by atoms with Gasteiger partial charge in [-0.25, -0.2) is 9.97 Å². The van der Waals surface area contributed by atoms with E-state index in [4.69, 9.17) is 22.3 Å². The molecular formula is C25H28ClN7O. The minimum absolute atomic E-state index is 0.0924. The number of nitrogens with one attached hydrogen (secondary N) is 2. The van der Waals surface area contributed by atoms with Crippen molar-refractivity contribution >= 4 is 40.0 Å². The van der Waals surface area contributed by atoms with Crippen LogP contribution in [0.5, 0.6) is 0 Å². The van der Waals surface area contributed by atoms with Crippen molar-refractivity contribution in [3.05, 3.63) is 47.6 Å². The number of fused-ring (bicyclic) bond motifs is 3. The molecule has 176 valence electrons. The molecular weight excluding hydrogens is 450 g/mol. The number of pyridine rings is 1. The highest BCUT2D eigenvalue weighted by molar-refractivity contribution is 6.34. The number of H-pyrrole nitrogens is 1. The molecule has 0 radical (unpaired) electrons. The van der Waals surface area contributed by atoms with Crippen molar-refractivity contribution in [3.8, 4) is 11.4 Å². The van der Waals surface area contributed by atoms with Crippen LogP contribution in [0.3, 0.4) is 0 Å². The summed E-state index contributed by atoms with van der Waals surface area (Å²) in [4.78, 5) is 29.5. The molecule has 4 N–H and O–H groups in total. The highest BCUT2D eigenvalue weighted by atomic mass is 35.5. The maximum atomic E-state index is 12.2. The number of piperazine rings is 1. The molecule has 1 aliphatic heterocycles. The number of carbonyl (C=O) groups excluding carboxylic acids is 1. The Hall–Kier alpha value is -3.10. The highest BCUT2D eigenvalue weighted by Gasteiger charge is 2.47. The molecule has 4 atom stereocenters. The molecule has 1 amide bonds. The fourth-order valence-electron chi connectivity index (χ4n) is 5.68. The molecule has 3 heterocycles. The summed E-state index contributed by atoms with van der Waals surface area (Å²) in [5, 5.41) is 4.02. The van der Waals surface area contributed by atoms with Gasteiger partial charge in [-0.15, -0.1) is 0 Å². The maximum absolute atomic E-state index is 12.2. The van der Waals surface area contributed by atoms with Crippen molar-refractivity contribution in [2.45, 2.75) is 12.5 Å². The van der Waals surface area contributed by atoms with E-state index in [9.17, 15) is 4.79 Å². The minimum Gasteiger partial charge on any atom is -0.378 e. The van der Waals surface area contributed by atoms with E-state index >= 15 is 0 Å². The molecule has 9 heteroatoms. The van der Waals surface area contributed by atoms with Crippen molar-refractivity contribution in [2.75, 3.05) is 43.4 Å². The second-order valence-electron chi connectivity index (χ2n) is 9.65. The zero-order valence-electron chi connectivity index (χ0n) is 19.0. The summed E-state index contributed by atoms with van der Waals surface area (Å²) in [6, 6.07) is 8.37. The Morgan fingerprint density at radius 2 is 1.88 bits per heavy atom. The van der Waals surface area contributed by atoms with Crippen LogP contribution in [0.2, 0.25) is 5.02 Å². The van der Waals surface area contributed by atoms with Gasteiger partial charge in [0, 0.05) is 43.5 Å².